The summed E-state index contributed by atoms with van der Waals surface area (Å²) < 4.78 is 1.58. The van der Waals surface area contributed by atoms with Crippen LogP contribution in [0.3, 0.4) is 0 Å². The van der Waals surface area contributed by atoms with Gasteiger partial charge in [0.2, 0.25) is 0 Å². The lowest BCUT2D eigenvalue weighted by atomic mass is 10.2. The number of benzene rings is 1. The fourth-order valence-corrected chi connectivity index (χ4v) is 2.15. The van der Waals surface area contributed by atoms with Crippen LogP contribution in [0.4, 0.5) is 5.69 Å². The van der Waals surface area contributed by atoms with Gasteiger partial charge in [0.25, 0.3) is 0 Å². The normalized spacial score (nSPS) is 10.5. The van der Waals surface area contributed by atoms with Gasteiger partial charge in [0.1, 0.15) is 0 Å². The molecule has 2 rings (SSSR count). The lowest BCUT2D eigenvalue weighted by molar-refractivity contribution is 0.980. The first-order valence-corrected chi connectivity index (χ1v) is 7.30. The van der Waals surface area contributed by atoms with Crippen LogP contribution in [-0.4, -0.2) is 28.1 Å². The monoisotopic (exact) mass is 263 g/mol. The Hall–Kier alpha value is -1.62. The summed E-state index contributed by atoms with van der Waals surface area (Å²) in [6.45, 7) is 0.976. The first kappa shape index (κ1) is 12.8. The number of aromatic amines is 1. The predicted octanol–water partition coefficient (Wildman–Crippen LogP) is 2.33. The van der Waals surface area contributed by atoms with E-state index in [1.807, 2.05) is 36.0 Å². The summed E-state index contributed by atoms with van der Waals surface area (Å²) in [6, 6.07) is 7.86. The van der Waals surface area contributed by atoms with E-state index in [1.165, 1.54) is 5.75 Å². The quantitative estimate of drug-likeness (QED) is 0.786. The van der Waals surface area contributed by atoms with Crippen molar-refractivity contribution in [1.29, 1.82) is 0 Å². The van der Waals surface area contributed by atoms with Gasteiger partial charge >= 0.3 is 5.69 Å². The van der Waals surface area contributed by atoms with E-state index in [4.69, 9.17) is 0 Å². The lowest BCUT2D eigenvalue weighted by Gasteiger charge is -2.07. The number of nitrogens with one attached hydrogen (secondary N) is 2. The summed E-state index contributed by atoms with van der Waals surface area (Å²) in [5, 5.41) is 3.36. The van der Waals surface area contributed by atoms with Gasteiger partial charge in [0, 0.05) is 24.6 Å². The molecular weight excluding hydrogens is 246 g/mol. The van der Waals surface area contributed by atoms with Crippen molar-refractivity contribution >= 4 is 17.4 Å². The Morgan fingerprint density at radius 2 is 2.11 bits per heavy atom. The fourth-order valence-electron chi connectivity index (χ4n) is 1.71. The number of hydrogen-bond acceptors (Lipinski definition) is 3. The minimum absolute atomic E-state index is 0.115. The second kappa shape index (κ2) is 6.35. The minimum Gasteiger partial charge on any atom is -0.385 e. The Balaban J connectivity index is 1.98. The Bertz CT molecular complexity index is 530. The summed E-state index contributed by atoms with van der Waals surface area (Å²) >= 11 is 1.86. The van der Waals surface area contributed by atoms with Gasteiger partial charge in [-0.05, 0) is 42.7 Å². The number of thioether (sulfide) groups is 1. The molecule has 0 bridgehead atoms. The predicted molar refractivity (Wildman–Crippen MR) is 77.9 cm³/mol. The van der Waals surface area contributed by atoms with Crippen LogP contribution in [-0.2, 0) is 0 Å². The largest absolute Gasteiger partial charge is 0.385 e. The van der Waals surface area contributed by atoms with Gasteiger partial charge in [-0.1, -0.05) is 0 Å². The molecule has 0 aliphatic rings. The number of hydrogen-bond donors (Lipinski definition) is 2. The molecule has 1 aromatic heterocycles. The Kier molecular flexibility index (Phi) is 4.52. The molecule has 0 atom stereocenters. The number of rotatable bonds is 6. The summed E-state index contributed by atoms with van der Waals surface area (Å²) in [5.74, 6) is 1.17. The van der Waals surface area contributed by atoms with Crippen LogP contribution in [0.2, 0.25) is 0 Å². The molecule has 5 heteroatoms. The Morgan fingerprint density at radius 3 is 2.72 bits per heavy atom. The van der Waals surface area contributed by atoms with Crippen molar-refractivity contribution in [2.45, 2.75) is 6.42 Å². The molecule has 96 valence electrons. The standard InChI is InChI=1S/C13H17N3OS/c1-18-10-2-7-14-11-3-5-12(6-4-11)16-9-8-15-13(16)17/h3-6,8-9,14H,2,7,10H2,1H3,(H,15,17). The van der Waals surface area contributed by atoms with E-state index in [-0.39, 0.29) is 5.69 Å². The van der Waals surface area contributed by atoms with Crippen molar-refractivity contribution in [2.75, 3.05) is 23.9 Å². The van der Waals surface area contributed by atoms with Crippen LogP contribution in [0.15, 0.2) is 41.5 Å². The van der Waals surface area contributed by atoms with Crippen LogP contribution >= 0.6 is 11.8 Å². The average Bonchev–Trinajstić information content (AvgIpc) is 2.82. The molecule has 0 saturated heterocycles. The van der Waals surface area contributed by atoms with Crippen molar-refractivity contribution in [1.82, 2.24) is 9.55 Å². The maximum atomic E-state index is 11.4. The minimum atomic E-state index is -0.115. The Labute approximate surface area is 110 Å². The van der Waals surface area contributed by atoms with Gasteiger partial charge < -0.3 is 10.3 Å². The van der Waals surface area contributed by atoms with Crippen molar-refractivity contribution in [3.8, 4) is 5.69 Å². The van der Waals surface area contributed by atoms with Crippen LogP contribution < -0.4 is 11.0 Å². The molecule has 0 unspecified atom stereocenters. The molecule has 0 aliphatic heterocycles. The number of anilines is 1. The molecule has 1 heterocycles. The number of aromatic nitrogens is 2. The number of imidazole rings is 1. The molecule has 2 aromatic rings. The third-order valence-electron chi connectivity index (χ3n) is 2.65. The molecule has 0 spiro atoms. The smallest absolute Gasteiger partial charge is 0.330 e. The number of nitrogens with zero attached hydrogens (tertiary/aromatic N) is 1. The van der Waals surface area contributed by atoms with Crippen molar-refractivity contribution in [3.05, 3.63) is 47.1 Å². The lowest BCUT2D eigenvalue weighted by Crippen LogP contribution is -2.13. The summed E-state index contributed by atoms with van der Waals surface area (Å²) in [5.41, 5.74) is 1.84. The third kappa shape index (κ3) is 3.20. The first-order valence-electron chi connectivity index (χ1n) is 5.90. The van der Waals surface area contributed by atoms with Crippen molar-refractivity contribution in [2.24, 2.45) is 0 Å². The second-order valence-corrected chi connectivity index (χ2v) is 4.94. The van der Waals surface area contributed by atoms with Gasteiger partial charge in [0.05, 0.1) is 5.69 Å². The molecule has 1 aromatic carbocycles. The topological polar surface area (TPSA) is 49.8 Å². The number of H-pyrrole nitrogens is 1. The zero-order chi connectivity index (χ0) is 12.8. The van der Waals surface area contributed by atoms with Crippen LogP contribution in [0, 0.1) is 0 Å². The van der Waals surface area contributed by atoms with Gasteiger partial charge in [-0.3, -0.25) is 4.57 Å². The SMILES string of the molecule is CSCCCNc1ccc(-n2cc[nH]c2=O)cc1. The van der Waals surface area contributed by atoms with E-state index in [9.17, 15) is 4.79 Å². The zero-order valence-corrected chi connectivity index (χ0v) is 11.2. The van der Waals surface area contributed by atoms with E-state index in [1.54, 1.807) is 17.0 Å². The molecular formula is C13H17N3OS. The average molecular weight is 263 g/mol. The first-order chi connectivity index (χ1) is 8.81. The maximum Gasteiger partial charge on any atom is 0.330 e. The molecule has 18 heavy (non-hydrogen) atoms. The molecule has 0 saturated carbocycles. The molecule has 4 nitrogen and oxygen atoms in total. The van der Waals surface area contributed by atoms with Crippen molar-refractivity contribution < 1.29 is 0 Å². The Morgan fingerprint density at radius 1 is 1.33 bits per heavy atom. The van der Waals surface area contributed by atoms with Crippen LogP contribution in [0.1, 0.15) is 6.42 Å². The maximum absolute atomic E-state index is 11.4. The van der Waals surface area contributed by atoms with E-state index in [0.717, 1.165) is 24.3 Å². The molecule has 0 amide bonds. The fraction of sp³-hybridized carbons (Fsp3) is 0.308. The van der Waals surface area contributed by atoms with Gasteiger partial charge in [0.15, 0.2) is 0 Å². The molecule has 2 N–H and O–H groups in total. The summed E-state index contributed by atoms with van der Waals surface area (Å²) in [6.07, 6.45) is 6.63. The molecule has 0 radical (unpaired) electrons. The zero-order valence-electron chi connectivity index (χ0n) is 10.3. The second-order valence-electron chi connectivity index (χ2n) is 3.96. The third-order valence-corrected chi connectivity index (χ3v) is 3.35. The van der Waals surface area contributed by atoms with E-state index in [2.05, 4.69) is 16.6 Å². The highest BCUT2D eigenvalue weighted by molar-refractivity contribution is 7.98. The van der Waals surface area contributed by atoms with Crippen LogP contribution in [0.25, 0.3) is 5.69 Å². The highest BCUT2D eigenvalue weighted by Crippen LogP contribution is 2.12. The van der Waals surface area contributed by atoms with Crippen molar-refractivity contribution in [3.63, 3.8) is 0 Å². The highest BCUT2D eigenvalue weighted by Gasteiger charge is 1.99. The summed E-state index contributed by atoms with van der Waals surface area (Å²) in [7, 11) is 0. The van der Waals surface area contributed by atoms with E-state index >= 15 is 0 Å². The highest BCUT2D eigenvalue weighted by atomic mass is 32.2. The van der Waals surface area contributed by atoms with Gasteiger partial charge in [-0.25, -0.2) is 4.79 Å². The van der Waals surface area contributed by atoms with E-state index < -0.39 is 0 Å². The van der Waals surface area contributed by atoms with Gasteiger partial charge in [-0.15, -0.1) is 0 Å². The van der Waals surface area contributed by atoms with Gasteiger partial charge in [-0.2, -0.15) is 11.8 Å². The summed E-state index contributed by atoms with van der Waals surface area (Å²) in [4.78, 5) is 14.1. The van der Waals surface area contributed by atoms with E-state index in [0.29, 0.717) is 0 Å². The molecule has 0 fully saturated rings. The van der Waals surface area contributed by atoms with Crippen LogP contribution in [0.5, 0.6) is 0 Å². The molecule has 0 aliphatic carbocycles.